The van der Waals surface area contributed by atoms with Gasteiger partial charge in [-0.3, -0.25) is 4.79 Å². The van der Waals surface area contributed by atoms with E-state index in [0.29, 0.717) is 16.3 Å². The molecular formula is C14H19BrN2O2. The van der Waals surface area contributed by atoms with E-state index in [1.54, 1.807) is 12.3 Å². The second kappa shape index (κ2) is 5.67. The zero-order valence-electron chi connectivity index (χ0n) is 11.0. The van der Waals surface area contributed by atoms with Crippen molar-refractivity contribution in [2.75, 3.05) is 26.2 Å². The van der Waals surface area contributed by atoms with Gasteiger partial charge in [-0.2, -0.15) is 0 Å². The predicted molar refractivity (Wildman–Crippen MR) is 76.1 cm³/mol. The highest BCUT2D eigenvalue weighted by molar-refractivity contribution is 9.10. The van der Waals surface area contributed by atoms with Gasteiger partial charge in [0.15, 0.2) is 4.67 Å². The molecule has 0 spiro atoms. The molecule has 3 heterocycles. The molecule has 0 bridgehead atoms. The molecule has 4 nitrogen and oxygen atoms in total. The number of rotatable bonds is 2. The number of hydrogen-bond acceptors (Lipinski definition) is 3. The summed E-state index contributed by atoms with van der Waals surface area (Å²) in [7, 11) is 0. The van der Waals surface area contributed by atoms with Crippen molar-refractivity contribution in [2.45, 2.75) is 31.7 Å². The zero-order valence-corrected chi connectivity index (χ0v) is 12.6. The number of halogens is 1. The van der Waals surface area contributed by atoms with Crippen molar-refractivity contribution in [3.05, 3.63) is 22.6 Å². The smallest absolute Gasteiger partial charge is 0.258 e. The molecular weight excluding hydrogens is 308 g/mol. The maximum atomic E-state index is 12.3. The lowest BCUT2D eigenvalue weighted by Crippen LogP contribution is -2.45. The van der Waals surface area contributed by atoms with E-state index in [9.17, 15) is 4.79 Å². The van der Waals surface area contributed by atoms with Crippen molar-refractivity contribution >= 4 is 21.8 Å². The standard InChI is InChI=1S/C14H19BrN2O2/c15-13-12(5-10-19-13)14(18)17-8-3-11(4-9-17)16-6-1-2-7-16/h5,10-11H,1-4,6-9H2. The number of likely N-dealkylation sites (tertiary alicyclic amines) is 2. The summed E-state index contributed by atoms with van der Waals surface area (Å²) in [5, 5.41) is 0. The molecule has 0 unspecified atom stereocenters. The Labute approximate surface area is 121 Å². The molecule has 2 aliphatic heterocycles. The van der Waals surface area contributed by atoms with Crippen molar-refractivity contribution < 1.29 is 9.21 Å². The Hall–Kier alpha value is -0.810. The second-order valence-corrected chi connectivity index (χ2v) is 6.09. The minimum Gasteiger partial charge on any atom is -0.457 e. The molecule has 104 valence electrons. The van der Waals surface area contributed by atoms with Crippen LogP contribution in [0.4, 0.5) is 0 Å². The molecule has 0 N–H and O–H groups in total. The Morgan fingerprint density at radius 1 is 1.21 bits per heavy atom. The van der Waals surface area contributed by atoms with Crippen LogP contribution in [-0.2, 0) is 0 Å². The van der Waals surface area contributed by atoms with Crippen molar-refractivity contribution in [2.24, 2.45) is 0 Å². The fourth-order valence-corrected chi connectivity index (χ4v) is 3.57. The third kappa shape index (κ3) is 2.72. The quantitative estimate of drug-likeness (QED) is 0.838. The highest BCUT2D eigenvalue weighted by Gasteiger charge is 2.29. The van der Waals surface area contributed by atoms with Crippen molar-refractivity contribution in [3.8, 4) is 0 Å². The minimum absolute atomic E-state index is 0.0838. The SMILES string of the molecule is O=C(c1ccoc1Br)N1CCC(N2CCCC2)CC1. The lowest BCUT2D eigenvalue weighted by Gasteiger charge is -2.36. The largest absolute Gasteiger partial charge is 0.457 e. The van der Waals surface area contributed by atoms with Gasteiger partial charge < -0.3 is 14.2 Å². The summed E-state index contributed by atoms with van der Waals surface area (Å²) in [6, 6.07) is 2.42. The van der Waals surface area contributed by atoms with Crippen LogP contribution in [0.3, 0.4) is 0 Å². The number of piperidine rings is 1. The summed E-state index contributed by atoms with van der Waals surface area (Å²) >= 11 is 3.28. The molecule has 0 aliphatic carbocycles. The average Bonchev–Trinajstić information content (AvgIpc) is 3.09. The molecule has 2 fully saturated rings. The highest BCUT2D eigenvalue weighted by atomic mass is 79.9. The third-order valence-corrected chi connectivity index (χ3v) is 4.87. The first-order valence-electron chi connectivity index (χ1n) is 7.02. The molecule has 3 rings (SSSR count). The fourth-order valence-electron chi connectivity index (χ4n) is 3.16. The number of hydrogen-bond donors (Lipinski definition) is 0. The van der Waals surface area contributed by atoms with Crippen LogP contribution >= 0.6 is 15.9 Å². The first-order chi connectivity index (χ1) is 9.25. The van der Waals surface area contributed by atoms with Crippen LogP contribution in [0.25, 0.3) is 0 Å². The number of furan rings is 1. The van der Waals surface area contributed by atoms with E-state index in [1.165, 1.54) is 25.9 Å². The molecule has 0 aromatic carbocycles. The first-order valence-corrected chi connectivity index (χ1v) is 7.81. The van der Waals surface area contributed by atoms with Crippen LogP contribution in [0.2, 0.25) is 0 Å². The second-order valence-electron chi connectivity index (χ2n) is 5.37. The molecule has 2 aliphatic rings. The van der Waals surface area contributed by atoms with Crippen molar-refractivity contribution in [1.82, 2.24) is 9.80 Å². The predicted octanol–water partition coefficient (Wildman–Crippen LogP) is 2.74. The van der Waals surface area contributed by atoms with Crippen LogP contribution in [0.15, 0.2) is 21.4 Å². The average molecular weight is 327 g/mol. The Balaban J connectivity index is 1.58. The van der Waals surface area contributed by atoms with E-state index >= 15 is 0 Å². The monoisotopic (exact) mass is 326 g/mol. The topological polar surface area (TPSA) is 36.7 Å². The molecule has 0 radical (unpaired) electrons. The minimum atomic E-state index is 0.0838. The van der Waals surface area contributed by atoms with E-state index in [4.69, 9.17) is 4.42 Å². The van der Waals surface area contributed by atoms with Gasteiger partial charge in [-0.25, -0.2) is 0 Å². The Morgan fingerprint density at radius 2 is 1.89 bits per heavy atom. The fraction of sp³-hybridized carbons (Fsp3) is 0.643. The van der Waals surface area contributed by atoms with Gasteiger partial charge in [0.1, 0.15) is 0 Å². The normalized spacial score (nSPS) is 22.1. The maximum absolute atomic E-state index is 12.3. The molecule has 0 atom stereocenters. The Bertz CT molecular complexity index is 446. The van der Waals surface area contributed by atoms with E-state index in [-0.39, 0.29) is 5.91 Å². The number of nitrogens with zero attached hydrogens (tertiary/aromatic N) is 2. The molecule has 0 saturated carbocycles. The van der Waals surface area contributed by atoms with Gasteiger partial charge in [-0.15, -0.1) is 0 Å². The third-order valence-electron chi connectivity index (χ3n) is 4.26. The van der Waals surface area contributed by atoms with Crippen LogP contribution in [-0.4, -0.2) is 47.9 Å². The van der Waals surface area contributed by atoms with Crippen LogP contribution < -0.4 is 0 Å². The summed E-state index contributed by atoms with van der Waals surface area (Å²) in [4.78, 5) is 16.9. The van der Waals surface area contributed by atoms with Crippen LogP contribution in [0.1, 0.15) is 36.0 Å². The van der Waals surface area contributed by atoms with E-state index in [1.807, 2.05) is 4.90 Å². The van der Waals surface area contributed by atoms with E-state index < -0.39 is 0 Å². The van der Waals surface area contributed by atoms with Gasteiger partial charge in [0, 0.05) is 19.1 Å². The molecule has 1 aromatic rings. The van der Waals surface area contributed by atoms with Gasteiger partial charge in [0.25, 0.3) is 5.91 Å². The summed E-state index contributed by atoms with van der Waals surface area (Å²) in [6.07, 6.45) is 6.42. The lowest BCUT2D eigenvalue weighted by molar-refractivity contribution is 0.0642. The van der Waals surface area contributed by atoms with Gasteiger partial charge in [-0.05, 0) is 60.8 Å². The molecule has 19 heavy (non-hydrogen) atoms. The van der Waals surface area contributed by atoms with Crippen LogP contribution in [0, 0.1) is 0 Å². The van der Waals surface area contributed by atoms with E-state index in [0.717, 1.165) is 25.9 Å². The van der Waals surface area contributed by atoms with Gasteiger partial charge in [0.2, 0.25) is 0 Å². The van der Waals surface area contributed by atoms with Crippen molar-refractivity contribution in [1.29, 1.82) is 0 Å². The number of carbonyl (C=O) groups is 1. The molecule has 5 heteroatoms. The number of amides is 1. The Morgan fingerprint density at radius 3 is 2.47 bits per heavy atom. The summed E-state index contributed by atoms with van der Waals surface area (Å²) in [6.45, 7) is 4.20. The Kier molecular flexibility index (Phi) is 3.93. The highest BCUT2D eigenvalue weighted by Crippen LogP contribution is 2.24. The summed E-state index contributed by atoms with van der Waals surface area (Å²) in [5.41, 5.74) is 0.639. The van der Waals surface area contributed by atoms with Gasteiger partial charge in [-0.1, -0.05) is 0 Å². The molecule has 2 saturated heterocycles. The lowest BCUT2D eigenvalue weighted by atomic mass is 10.0. The van der Waals surface area contributed by atoms with E-state index in [2.05, 4.69) is 20.8 Å². The molecule has 1 amide bonds. The van der Waals surface area contributed by atoms with Crippen molar-refractivity contribution in [3.63, 3.8) is 0 Å². The maximum Gasteiger partial charge on any atom is 0.258 e. The van der Waals surface area contributed by atoms with Gasteiger partial charge in [0.05, 0.1) is 11.8 Å². The zero-order chi connectivity index (χ0) is 13.2. The first kappa shape index (κ1) is 13.2. The van der Waals surface area contributed by atoms with Gasteiger partial charge >= 0.3 is 0 Å². The molecule has 1 aromatic heterocycles. The summed E-state index contributed by atoms with van der Waals surface area (Å²) in [5.74, 6) is 0.0838. The van der Waals surface area contributed by atoms with Crippen LogP contribution in [0.5, 0.6) is 0 Å². The number of carbonyl (C=O) groups excluding carboxylic acids is 1. The summed E-state index contributed by atoms with van der Waals surface area (Å²) < 4.78 is 5.68.